The van der Waals surface area contributed by atoms with E-state index in [4.69, 9.17) is 0 Å². The smallest absolute Gasteiger partial charge is 0.379 e. The topological polar surface area (TPSA) is 12.0 Å². The van der Waals surface area contributed by atoms with Gasteiger partial charge in [-0.1, -0.05) is 34.1 Å². The lowest BCUT2D eigenvalue weighted by Gasteiger charge is -2.18. The van der Waals surface area contributed by atoms with E-state index in [9.17, 15) is 13.2 Å². The quantitative estimate of drug-likeness (QED) is 0.715. The first-order valence-corrected chi connectivity index (χ1v) is 7.26. The fourth-order valence-electron chi connectivity index (χ4n) is 2.13. The minimum absolute atomic E-state index is 0.0914. The Bertz CT molecular complexity index is 638. The van der Waals surface area contributed by atoms with Crippen molar-refractivity contribution in [3.63, 3.8) is 0 Å². The maximum atomic E-state index is 12.9. The van der Waals surface area contributed by atoms with E-state index in [1.165, 1.54) is 13.0 Å². The monoisotopic (exact) mass is 357 g/mol. The van der Waals surface area contributed by atoms with Gasteiger partial charge in [-0.15, -0.1) is 0 Å². The molecule has 0 radical (unpaired) electrons. The summed E-state index contributed by atoms with van der Waals surface area (Å²) in [6, 6.07) is 11.9. The second kappa shape index (κ2) is 6.10. The minimum atomic E-state index is -4.33. The molecule has 0 aliphatic heterocycles. The largest absolute Gasteiger partial charge is 0.416 e. The number of aryl methyl sites for hydroxylation is 1. The Morgan fingerprint density at radius 2 is 1.81 bits per heavy atom. The average Bonchev–Trinajstić information content (AvgIpc) is 2.39. The lowest BCUT2D eigenvalue weighted by atomic mass is 10.1. The van der Waals surface area contributed by atoms with Crippen LogP contribution in [-0.4, -0.2) is 0 Å². The highest BCUT2D eigenvalue weighted by atomic mass is 79.9. The highest BCUT2D eigenvalue weighted by Gasteiger charge is 2.32. The van der Waals surface area contributed by atoms with Gasteiger partial charge in [0.1, 0.15) is 0 Å². The lowest BCUT2D eigenvalue weighted by molar-refractivity contribution is -0.138. The van der Waals surface area contributed by atoms with Crippen molar-refractivity contribution in [2.24, 2.45) is 0 Å². The summed E-state index contributed by atoms with van der Waals surface area (Å²) in [5, 5.41) is 3.10. The van der Waals surface area contributed by atoms with Gasteiger partial charge in [-0.3, -0.25) is 0 Å². The highest BCUT2D eigenvalue weighted by Crippen LogP contribution is 2.34. The molecule has 5 heteroatoms. The van der Waals surface area contributed by atoms with Gasteiger partial charge in [0.2, 0.25) is 0 Å². The third-order valence-corrected chi connectivity index (χ3v) is 3.77. The summed E-state index contributed by atoms with van der Waals surface area (Å²) in [5.74, 6) is 0. The molecule has 0 bridgehead atoms. The van der Waals surface area contributed by atoms with Crippen LogP contribution in [0.4, 0.5) is 18.9 Å². The van der Waals surface area contributed by atoms with Crippen molar-refractivity contribution in [1.29, 1.82) is 0 Å². The van der Waals surface area contributed by atoms with E-state index in [0.29, 0.717) is 5.69 Å². The number of alkyl halides is 3. The number of nitrogens with one attached hydrogen (secondary N) is 1. The van der Waals surface area contributed by atoms with Gasteiger partial charge >= 0.3 is 6.18 Å². The third kappa shape index (κ3) is 4.00. The van der Waals surface area contributed by atoms with Gasteiger partial charge in [-0.2, -0.15) is 13.2 Å². The van der Waals surface area contributed by atoms with Crippen molar-refractivity contribution in [1.82, 2.24) is 0 Å². The van der Waals surface area contributed by atoms with E-state index >= 15 is 0 Å². The van der Waals surface area contributed by atoms with E-state index in [2.05, 4.69) is 21.2 Å². The molecular weight excluding hydrogens is 343 g/mol. The molecule has 0 spiro atoms. The first-order chi connectivity index (χ1) is 9.77. The Morgan fingerprint density at radius 1 is 1.10 bits per heavy atom. The average molecular weight is 358 g/mol. The highest BCUT2D eigenvalue weighted by molar-refractivity contribution is 9.10. The van der Waals surface area contributed by atoms with E-state index < -0.39 is 11.7 Å². The molecule has 1 nitrogen and oxygen atoms in total. The van der Waals surface area contributed by atoms with Crippen LogP contribution in [0.25, 0.3) is 0 Å². The van der Waals surface area contributed by atoms with Gasteiger partial charge in [-0.25, -0.2) is 0 Å². The van der Waals surface area contributed by atoms with E-state index in [-0.39, 0.29) is 11.6 Å². The summed E-state index contributed by atoms with van der Waals surface area (Å²) in [6.07, 6.45) is -4.33. The number of benzene rings is 2. The maximum Gasteiger partial charge on any atom is 0.416 e. The zero-order chi connectivity index (χ0) is 15.6. The van der Waals surface area contributed by atoms with Crippen LogP contribution < -0.4 is 5.32 Å². The first-order valence-electron chi connectivity index (χ1n) is 6.47. The Labute approximate surface area is 130 Å². The van der Waals surface area contributed by atoms with E-state index in [1.54, 1.807) is 6.07 Å². The molecule has 2 rings (SSSR count). The lowest BCUT2D eigenvalue weighted by Crippen LogP contribution is -2.11. The molecule has 0 heterocycles. The summed E-state index contributed by atoms with van der Waals surface area (Å²) >= 11 is 3.39. The van der Waals surface area contributed by atoms with Gasteiger partial charge in [-0.05, 0) is 49.2 Å². The summed E-state index contributed by atoms with van der Waals surface area (Å²) < 4.78 is 39.7. The van der Waals surface area contributed by atoms with Crippen molar-refractivity contribution in [2.75, 3.05) is 5.32 Å². The molecule has 0 saturated carbocycles. The minimum Gasteiger partial charge on any atom is -0.379 e. The molecule has 0 fully saturated rings. The van der Waals surface area contributed by atoms with Gasteiger partial charge in [0.05, 0.1) is 5.56 Å². The molecular formula is C16H15BrF3N. The zero-order valence-electron chi connectivity index (χ0n) is 11.6. The summed E-state index contributed by atoms with van der Waals surface area (Å²) in [5.41, 5.74) is 1.08. The van der Waals surface area contributed by atoms with Crippen molar-refractivity contribution < 1.29 is 13.2 Å². The molecule has 0 saturated heterocycles. The molecule has 1 atom stereocenters. The van der Waals surface area contributed by atoms with Gasteiger partial charge < -0.3 is 5.32 Å². The van der Waals surface area contributed by atoms with Crippen LogP contribution in [0.2, 0.25) is 0 Å². The Kier molecular flexibility index (Phi) is 4.61. The van der Waals surface area contributed by atoms with Crippen LogP contribution in [0, 0.1) is 6.92 Å². The van der Waals surface area contributed by atoms with E-state index in [1.807, 2.05) is 31.2 Å². The van der Waals surface area contributed by atoms with Crippen molar-refractivity contribution in [3.8, 4) is 0 Å². The Morgan fingerprint density at radius 3 is 2.43 bits per heavy atom. The standard InChI is InChI=1S/C16H15BrF3N/c1-10-6-7-14(9-15(10)16(18,19)20)21-11(2)12-4-3-5-13(17)8-12/h3-9,11,21H,1-2H3. The molecule has 21 heavy (non-hydrogen) atoms. The molecule has 2 aromatic carbocycles. The molecule has 0 aliphatic carbocycles. The summed E-state index contributed by atoms with van der Waals surface area (Å²) in [4.78, 5) is 0. The fraction of sp³-hybridized carbons (Fsp3) is 0.250. The van der Waals surface area contributed by atoms with Crippen LogP contribution >= 0.6 is 15.9 Å². The second-order valence-electron chi connectivity index (χ2n) is 4.95. The number of anilines is 1. The van der Waals surface area contributed by atoms with E-state index in [0.717, 1.165) is 16.1 Å². The van der Waals surface area contributed by atoms with Crippen LogP contribution in [0.5, 0.6) is 0 Å². The molecule has 1 unspecified atom stereocenters. The van der Waals surface area contributed by atoms with Gasteiger partial charge in [0, 0.05) is 16.2 Å². The van der Waals surface area contributed by atoms with Crippen molar-refractivity contribution in [2.45, 2.75) is 26.1 Å². The Balaban J connectivity index is 2.24. The SMILES string of the molecule is Cc1ccc(NC(C)c2cccc(Br)c2)cc1C(F)(F)F. The van der Waals surface area contributed by atoms with Crippen LogP contribution in [0.1, 0.15) is 29.7 Å². The molecule has 0 amide bonds. The molecule has 0 aliphatic rings. The molecule has 112 valence electrons. The second-order valence-corrected chi connectivity index (χ2v) is 5.86. The maximum absolute atomic E-state index is 12.9. The number of rotatable bonds is 3. The normalized spacial score (nSPS) is 13.0. The molecule has 0 aromatic heterocycles. The predicted molar refractivity (Wildman–Crippen MR) is 82.4 cm³/mol. The van der Waals surface area contributed by atoms with Gasteiger partial charge in [0.15, 0.2) is 0 Å². The summed E-state index contributed by atoms with van der Waals surface area (Å²) in [6.45, 7) is 3.37. The zero-order valence-corrected chi connectivity index (χ0v) is 13.2. The Hall–Kier alpha value is -1.49. The molecule has 1 N–H and O–H groups in total. The number of hydrogen-bond donors (Lipinski definition) is 1. The number of halogens is 4. The van der Waals surface area contributed by atoms with Crippen molar-refractivity contribution in [3.05, 3.63) is 63.6 Å². The van der Waals surface area contributed by atoms with Crippen molar-refractivity contribution >= 4 is 21.6 Å². The predicted octanol–water partition coefficient (Wildman–Crippen LogP) is 5.95. The first kappa shape index (κ1) is 15.9. The van der Waals surface area contributed by atoms with Crippen LogP contribution in [0.3, 0.4) is 0 Å². The van der Waals surface area contributed by atoms with Crippen LogP contribution in [-0.2, 0) is 6.18 Å². The molecule has 2 aromatic rings. The van der Waals surface area contributed by atoms with Gasteiger partial charge in [0.25, 0.3) is 0 Å². The third-order valence-electron chi connectivity index (χ3n) is 3.27. The summed E-state index contributed by atoms with van der Waals surface area (Å²) in [7, 11) is 0. The number of hydrogen-bond acceptors (Lipinski definition) is 1. The fourth-order valence-corrected chi connectivity index (χ4v) is 2.54. The van der Waals surface area contributed by atoms with Crippen LogP contribution in [0.15, 0.2) is 46.9 Å².